The first-order valence-electron chi connectivity index (χ1n) is 3.34. The van der Waals surface area contributed by atoms with Gasteiger partial charge in [0.15, 0.2) is 0 Å². The number of nitrogens with zero attached hydrogens (tertiary/aromatic N) is 1. The minimum atomic E-state index is -0.388. The zero-order chi connectivity index (χ0) is 9.14. The highest BCUT2D eigenvalue weighted by Gasteiger charge is 2.23. The molecule has 2 amide bonds. The van der Waals surface area contributed by atoms with Crippen LogP contribution < -0.4 is 5.32 Å². The van der Waals surface area contributed by atoms with Crippen LogP contribution in [0.25, 0.3) is 0 Å². The van der Waals surface area contributed by atoms with Crippen LogP contribution in [0, 0.1) is 5.41 Å². The predicted octanol–water partition coefficient (Wildman–Crippen LogP) is -0.417. The van der Waals surface area contributed by atoms with Crippen molar-refractivity contribution in [3.05, 3.63) is 0 Å². The Labute approximate surface area is 86.3 Å². The molecule has 7 heteroatoms. The molecule has 0 aromatic heterocycles. The minimum absolute atomic E-state index is 0. The van der Waals surface area contributed by atoms with Crippen molar-refractivity contribution in [3.8, 4) is 0 Å². The van der Waals surface area contributed by atoms with Crippen LogP contribution in [-0.4, -0.2) is 41.5 Å². The summed E-state index contributed by atoms with van der Waals surface area (Å²) in [4.78, 5) is 22.9. The Balaban J connectivity index is 0.00000144. The number of hydrogen-bond acceptors (Lipinski definition) is 3. The van der Waals surface area contributed by atoms with E-state index in [2.05, 4.69) is 5.32 Å². The lowest BCUT2D eigenvalue weighted by atomic mass is 10.3. The highest BCUT2D eigenvalue weighted by atomic mass is 35.5. The fourth-order valence-electron chi connectivity index (χ4n) is 0.913. The lowest BCUT2D eigenvalue weighted by Gasteiger charge is -2.26. The SMILES string of the molecule is Cl.N=C(CCl)N1CC(=O)NC(=O)C1. The topological polar surface area (TPSA) is 73.3 Å². The summed E-state index contributed by atoms with van der Waals surface area (Å²) in [6.45, 7) is 0.0780. The van der Waals surface area contributed by atoms with E-state index in [9.17, 15) is 9.59 Å². The van der Waals surface area contributed by atoms with Crippen LogP contribution in [0.5, 0.6) is 0 Å². The van der Waals surface area contributed by atoms with Gasteiger partial charge in [0.05, 0.1) is 19.0 Å². The van der Waals surface area contributed by atoms with Crippen molar-refractivity contribution in [2.75, 3.05) is 19.0 Å². The molecule has 0 unspecified atom stereocenters. The Kier molecular flexibility index (Phi) is 4.72. The van der Waals surface area contributed by atoms with Gasteiger partial charge in [-0.25, -0.2) is 0 Å². The van der Waals surface area contributed by atoms with Gasteiger partial charge in [-0.3, -0.25) is 20.3 Å². The first-order valence-corrected chi connectivity index (χ1v) is 3.88. The maximum absolute atomic E-state index is 10.8. The average Bonchev–Trinajstić information content (AvgIpc) is 2.01. The van der Waals surface area contributed by atoms with E-state index in [1.165, 1.54) is 4.90 Å². The third-order valence-electron chi connectivity index (χ3n) is 1.46. The van der Waals surface area contributed by atoms with Crippen LogP contribution in [0.1, 0.15) is 0 Å². The van der Waals surface area contributed by atoms with E-state index >= 15 is 0 Å². The second-order valence-electron chi connectivity index (χ2n) is 2.41. The van der Waals surface area contributed by atoms with Crippen molar-refractivity contribution in [1.82, 2.24) is 10.2 Å². The van der Waals surface area contributed by atoms with E-state index in [0.717, 1.165) is 0 Å². The third-order valence-corrected chi connectivity index (χ3v) is 1.71. The fourth-order valence-corrected chi connectivity index (χ4v) is 1.08. The van der Waals surface area contributed by atoms with Crippen molar-refractivity contribution in [2.24, 2.45) is 0 Å². The highest BCUT2D eigenvalue weighted by molar-refractivity contribution is 6.28. The standard InChI is InChI=1S/C6H8ClN3O2.ClH/c7-1-4(8)10-2-5(11)9-6(12)3-10;/h8H,1-3H2,(H,9,11,12);1H. The monoisotopic (exact) mass is 225 g/mol. The van der Waals surface area contributed by atoms with Crippen LogP contribution >= 0.6 is 24.0 Å². The van der Waals surface area contributed by atoms with Gasteiger partial charge in [0.25, 0.3) is 0 Å². The number of amidine groups is 1. The smallest absolute Gasteiger partial charge is 0.246 e. The quantitative estimate of drug-likeness (QED) is 0.276. The van der Waals surface area contributed by atoms with Crippen molar-refractivity contribution < 1.29 is 9.59 Å². The molecular formula is C6H9Cl2N3O2. The van der Waals surface area contributed by atoms with E-state index < -0.39 is 0 Å². The number of halogens is 2. The number of amides is 2. The van der Waals surface area contributed by atoms with E-state index in [1.807, 2.05) is 0 Å². The number of carbonyl (C=O) groups is 2. The molecule has 2 N–H and O–H groups in total. The summed E-state index contributed by atoms with van der Waals surface area (Å²) in [6, 6.07) is 0. The summed E-state index contributed by atoms with van der Waals surface area (Å²) in [5, 5.41) is 9.40. The molecule has 1 saturated heterocycles. The van der Waals surface area contributed by atoms with Gasteiger partial charge in [-0.15, -0.1) is 24.0 Å². The molecular weight excluding hydrogens is 217 g/mol. The molecule has 0 spiro atoms. The largest absolute Gasteiger partial charge is 0.341 e. The number of imide groups is 1. The summed E-state index contributed by atoms with van der Waals surface area (Å²) in [5.41, 5.74) is 0. The molecule has 1 aliphatic heterocycles. The maximum Gasteiger partial charge on any atom is 0.246 e. The molecule has 0 atom stereocenters. The van der Waals surface area contributed by atoms with Crippen molar-refractivity contribution in [1.29, 1.82) is 5.41 Å². The second kappa shape index (κ2) is 5.04. The zero-order valence-corrected chi connectivity index (χ0v) is 8.24. The van der Waals surface area contributed by atoms with Gasteiger partial charge in [0.1, 0.15) is 5.84 Å². The zero-order valence-electron chi connectivity index (χ0n) is 6.67. The lowest BCUT2D eigenvalue weighted by Crippen LogP contribution is -2.53. The van der Waals surface area contributed by atoms with Gasteiger partial charge in [0, 0.05) is 0 Å². The number of hydrogen-bond donors (Lipinski definition) is 2. The summed E-state index contributed by atoms with van der Waals surface area (Å²) >= 11 is 5.37. The van der Waals surface area contributed by atoms with Gasteiger partial charge < -0.3 is 4.90 Å². The highest BCUT2D eigenvalue weighted by Crippen LogP contribution is 1.96. The molecule has 1 fully saturated rings. The number of nitrogens with one attached hydrogen (secondary N) is 2. The van der Waals surface area contributed by atoms with Crippen LogP contribution in [0.3, 0.4) is 0 Å². The average molecular weight is 226 g/mol. The van der Waals surface area contributed by atoms with E-state index in [4.69, 9.17) is 17.0 Å². The van der Waals surface area contributed by atoms with Crippen molar-refractivity contribution in [3.63, 3.8) is 0 Å². The number of piperazine rings is 1. The fraction of sp³-hybridized carbons (Fsp3) is 0.500. The number of alkyl halides is 1. The minimum Gasteiger partial charge on any atom is -0.341 e. The molecule has 1 rings (SSSR count). The van der Waals surface area contributed by atoms with Crippen LogP contribution in [0.2, 0.25) is 0 Å². The third kappa shape index (κ3) is 3.20. The van der Waals surface area contributed by atoms with Crippen LogP contribution in [0.4, 0.5) is 0 Å². The molecule has 0 saturated carbocycles. The Morgan fingerprint density at radius 2 is 1.92 bits per heavy atom. The summed E-state index contributed by atoms with van der Waals surface area (Å²) in [7, 11) is 0. The molecule has 1 aliphatic rings. The molecule has 0 bridgehead atoms. The number of rotatable bonds is 1. The Bertz CT molecular complexity index is 228. The molecule has 1 heterocycles. The molecule has 0 aliphatic carbocycles. The van der Waals surface area contributed by atoms with Gasteiger partial charge >= 0.3 is 0 Å². The molecule has 5 nitrogen and oxygen atoms in total. The molecule has 13 heavy (non-hydrogen) atoms. The number of carbonyl (C=O) groups excluding carboxylic acids is 2. The van der Waals surface area contributed by atoms with Crippen molar-refractivity contribution in [2.45, 2.75) is 0 Å². The summed E-state index contributed by atoms with van der Waals surface area (Å²) in [5.74, 6) is -0.664. The predicted molar refractivity (Wildman–Crippen MR) is 50.4 cm³/mol. The summed E-state index contributed by atoms with van der Waals surface area (Å²) in [6.07, 6.45) is 0. The van der Waals surface area contributed by atoms with Crippen molar-refractivity contribution >= 4 is 41.7 Å². The molecule has 74 valence electrons. The van der Waals surface area contributed by atoms with Gasteiger partial charge in [-0.2, -0.15) is 0 Å². The normalized spacial score (nSPS) is 16.2. The maximum atomic E-state index is 10.8. The van der Waals surface area contributed by atoms with E-state index in [-0.39, 0.29) is 49.0 Å². The van der Waals surface area contributed by atoms with E-state index in [0.29, 0.717) is 0 Å². The van der Waals surface area contributed by atoms with Crippen LogP contribution in [0.15, 0.2) is 0 Å². The summed E-state index contributed by atoms with van der Waals surface area (Å²) < 4.78 is 0. The Morgan fingerprint density at radius 3 is 2.31 bits per heavy atom. The van der Waals surface area contributed by atoms with E-state index in [1.54, 1.807) is 0 Å². The molecule has 0 aromatic carbocycles. The Morgan fingerprint density at radius 1 is 1.46 bits per heavy atom. The van der Waals surface area contributed by atoms with Crippen LogP contribution in [-0.2, 0) is 9.59 Å². The van der Waals surface area contributed by atoms with Gasteiger partial charge in [-0.05, 0) is 0 Å². The molecule has 0 radical (unpaired) electrons. The first kappa shape index (κ1) is 12.2. The Hall–Kier alpha value is -0.810. The lowest BCUT2D eigenvalue weighted by molar-refractivity contribution is -0.134. The van der Waals surface area contributed by atoms with Gasteiger partial charge in [-0.1, -0.05) is 0 Å². The second-order valence-corrected chi connectivity index (χ2v) is 2.68. The first-order chi connectivity index (χ1) is 5.63. The molecule has 0 aromatic rings. The van der Waals surface area contributed by atoms with Gasteiger partial charge in [0.2, 0.25) is 11.8 Å².